The van der Waals surface area contributed by atoms with E-state index in [1.165, 1.54) is 5.56 Å². The average molecular weight is 449 g/mol. The van der Waals surface area contributed by atoms with Gasteiger partial charge < -0.3 is 4.42 Å². The molecule has 35 heavy (non-hydrogen) atoms. The summed E-state index contributed by atoms with van der Waals surface area (Å²) in [6.07, 6.45) is 1.84. The van der Waals surface area contributed by atoms with Crippen LogP contribution >= 0.6 is 0 Å². The summed E-state index contributed by atoms with van der Waals surface area (Å²) >= 11 is 0. The minimum Gasteiger partial charge on any atom is -0.456 e. The lowest BCUT2D eigenvalue weighted by Crippen LogP contribution is -1.93. The largest absolute Gasteiger partial charge is 0.456 e. The van der Waals surface area contributed by atoms with Gasteiger partial charge in [-0.15, -0.1) is 0 Å². The molecule has 0 saturated carbocycles. The van der Waals surface area contributed by atoms with E-state index in [1.807, 2.05) is 48.7 Å². The Bertz CT molecular complexity index is 1850. The monoisotopic (exact) mass is 448 g/mol. The van der Waals surface area contributed by atoms with Gasteiger partial charge in [-0.2, -0.15) is 0 Å². The SMILES string of the molecule is c1ccc(-c2cccc(-c3nc(-c4cccc5oc6ccccc6c45)cc4ncccc34)c2)cc1. The Labute approximate surface area is 202 Å². The van der Waals surface area contributed by atoms with Gasteiger partial charge in [-0.1, -0.05) is 78.9 Å². The van der Waals surface area contributed by atoms with Crippen LogP contribution in [-0.4, -0.2) is 9.97 Å². The average Bonchev–Trinajstić information content (AvgIpc) is 3.32. The Morgan fingerprint density at radius 3 is 2.23 bits per heavy atom. The molecule has 3 heterocycles. The normalized spacial score (nSPS) is 11.4. The molecule has 7 aromatic rings. The van der Waals surface area contributed by atoms with Gasteiger partial charge in [0.1, 0.15) is 11.2 Å². The molecule has 4 aromatic carbocycles. The van der Waals surface area contributed by atoms with Crippen LogP contribution in [0.25, 0.3) is 66.5 Å². The molecule has 3 nitrogen and oxygen atoms in total. The van der Waals surface area contributed by atoms with Gasteiger partial charge in [-0.25, -0.2) is 4.98 Å². The number of furan rings is 1. The number of hydrogen-bond acceptors (Lipinski definition) is 3. The van der Waals surface area contributed by atoms with Crippen molar-refractivity contribution in [2.75, 3.05) is 0 Å². The molecule has 0 N–H and O–H groups in total. The van der Waals surface area contributed by atoms with E-state index in [4.69, 9.17) is 14.4 Å². The zero-order chi connectivity index (χ0) is 23.2. The summed E-state index contributed by atoms with van der Waals surface area (Å²) in [6, 6.07) is 39.5. The first-order valence-corrected chi connectivity index (χ1v) is 11.7. The number of nitrogens with zero attached hydrogens (tertiary/aromatic N) is 2. The van der Waals surface area contributed by atoms with E-state index in [9.17, 15) is 0 Å². The van der Waals surface area contributed by atoms with Crippen LogP contribution in [0, 0.1) is 0 Å². The van der Waals surface area contributed by atoms with Crippen LogP contribution in [-0.2, 0) is 0 Å². The minimum atomic E-state index is 0.860. The summed E-state index contributed by atoms with van der Waals surface area (Å²) in [7, 11) is 0. The second-order valence-corrected chi connectivity index (χ2v) is 8.65. The number of aromatic nitrogens is 2. The maximum absolute atomic E-state index is 6.14. The van der Waals surface area contributed by atoms with E-state index in [-0.39, 0.29) is 0 Å². The quantitative estimate of drug-likeness (QED) is 0.272. The molecule has 0 spiro atoms. The Kier molecular flexibility index (Phi) is 4.46. The summed E-state index contributed by atoms with van der Waals surface area (Å²) in [4.78, 5) is 9.93. The second kappa shape index (κ2) is 7.93. The van der Waals surface area contributed by atoms with Gasteiger partial charge in [0, 0.05) is 33.5 Å². The number of fused-ring (bicyclic) bond motifs is 4. The minimum absolute atomic E-state index is 0.860. The summed E-state index contributed by atoms with van der Waals surface area (Å²) < 4.78 is 6.14. The predicted octanol–water partition coefficient (Wildman–Crippen LogP) is 8.53. The second-order valence-electron chi connectivity index (χ2n) is 8.65. The lowest BCUT2D eigenvalue weighted by atomic mass is 9.98. The highest BCUT2D eigenvalue weighted by atomic mass is 16.3. The van der Waals surface area contributed by atoms with Crippen molar-refractivity contribution in [2.45, 2.75) is 0 Å². The number of benzene rings is 4. The molecule has 0 amide bonds. The Morgan fingerprint density at radius 2 is 1.29 bits per heavy atom. The molecule has 3 aromatic heterocycles. The van der Waals surface area contributed by atoms with Gasteiger partial charge in [0.15, 0.2) is 0 Å². The van der Waals surface area contributed by atoms with Crippen molar-refractivity contribution in [3.63, 3.8) is 0 Å². The molecule has 0 fully saturated rings. The van der Waals surface area contributed by atoms with Gasteiger partial charge in [-0.3, -0.25) is 4.98 Å². The van der Waals surface area contributed by atoms with Gasteiger partial charge >= 0.3 is 0 Å². The van der Waals surface area contributed by atoms with E-state index >= 15 is 0 Å². The zero-order valence-electron chi connectivity index (χ0n) is 18.8. The molecule has 7 rings (SSSR count). The molecular formula is C32H20N2O. The topological polar surface area (TPSA) is 38.9 Å². The fraction of sp³-hybridized carbons (Fsp3) is 0. The van der Waals surface area contributed by atoms with Crippen LogP contribution in [0.3, 0.4) is 0 Å². The number of pyridine rings is 2. The van der Waals surface area contributed by atoms with Crippen molar-refractivity contribution in [1.82, 2.24) is 9.97 Å². The van der Waals surface area contributed by atoms with Gasteiger partial charge in [0.05, 0.1) is 16.9 Å². The molecule has 0 radical (unpaired) electrons. The summed E-state index contributed by atoms with van der Waals surface area (Å²) in [6.45, 7) is 0. The van der Waals surface area contributed by atoms with E-state index < -0.39 is 0 Å². The molecule has 0 atom stereocenters. The van der Waals surface area contributed by atoms with Crippen LogP contribution < -0.4 is 0 Å². The standard InChI is InChI=1S/C32H20N2O/c1-2-9-21(10-3-1)22-11-6-12-23(19-22)32-25-15-8-18-33-27(25)20-28(34-32)24-14-7-17-30-31(24)26-13-4-5-16-29(26)35-30/h1-20H. The molecular weight excluding hydrogens is 428 g/mol. The predicted molar refractivity (Wildman–Crippen MR) is 143 cm³/mol. The highest BCUT2D eigenvalue weighted by Crippen LogP contribution is 2.38. The Balaban J connectivity index is 1.50. The smallest absolute Gasteiger partial charge is 0.136 e. The zero-order valence-corrected chi connectivity index (χ0v) is 18.8. The molecule has 0 aliphatic rings. The number of para-hydroxylation sites is 1. The Hall–Kier alpha value is -4.76. The van der Waals surface area contributed by atoms with Crippen molar-refractivity contribution in [3.05, 3.63) is 121 Å². The Morgan fingerprint density at radius 1 is 0.543 bits per heavy atom. The molecule has 0 aliphatic carbocycles. The highest BCUT2D eigenvalue weighted by molar-refractivity contribution is 6.12. The summed E-state index contributed by atoms with van der Waals surface area (Å²) in [5, 5.41) is 3.20. The van der Waals surface area contributed by atoms with Crippen molar-refractivity contribution in [3.8, 4) is 33.6 Å². The van der Waals surface area contributed by atoms with Gasteiger partial charge in [0.25, 0.3) is 0 Å². The third-order valence-electron chi connectivity index (χ3n) is 6.52. The number of rotatable bonds is 3. The van der Waals surface area contributed by atoms with Crippen molar-refractivity contribution in [2.24, 2.45) is 0 Å². The molecule has 3 heteroatoms. The van der Waals surface area contributed by atoms with E-state index in [0.717, 1.165) is 60.9 Å². The summed E-state index contributed by atoms with van der Waals surface area (Å²) in [5.41, 5.74) is 8.92. The van der Waals surface area contributed by atoms with Crippen LogP contribution in [0.5, 0.6) is 0 Å². The van der Waals surface area contributed by atoms with Crippen molar-refractivity contribution < 1.29 is 4.42 Å². The number of hydrogen-bond donors (Lipinski definition) is 0. The molecule has 0 bridgehead atoms. The van der Waals surface area contributed by atoms with Crippen LogP contribution in [0.15, 0.2) is 126 Å². The van der Waals surface area contributed by atoms with E-state index in [2.05, 4.69) is 72.8 Å². The van der Waals surface area contributed by atoms with Crippen molar-refractivity contribution in [1.29, 1.82) is 0 Å². The highest BCUT2D eigenvalue weighted by Gasteiger charge is 2.16. The maximum Gasteiger partial charge on any atom is 0.136 e. The van der Waals surface area contributed by atoms with E-state index in [1.54, 1.807) is 0 Å². The molecule has 164 valence electrons. The first kappa shape index (κ1) is 19.7. The fourth-order valence-electron chi connectivity index (χ4n) is 4.90. The molecule has 0 saturated heterocycles. The van der Waals surface area contributed by atoms with Crippen LogP contribution in [0.2, 0.25) is 0 Å². The lowest BCUT2D eigenvalue weighted by molar-refractivity contribution is 0.669. The van der Waals surface area contributed by atoms with Gasteiger partial charge in [0.2, 0.25) is 0 Å². The molecule has 0 aliphatic heterocycles. The third-order valence-corrected chi connectivity index (χ3v) is 6.52. The lowest BCUT2D eigenvalue weighted by Gasteiger charge is -2.12. The summed E-state index contributed by atoms with van der Waals surface area (Å²) in [5.74, 6) is 0. The first-order chi connectivity index (χ1) is 17.3. The first-order valence-electron chi connectivity index (χ1n) is 11.7. The fourth-order valence-corrected chi connectivity index (χ4v) is 4.90. The van der Waals surface area contributed by atoms with Gasteiger partial charge in [-0.05, 0) is 47.5 Å². The van der Waals surface area contributed by atoms with E-state index in [0.29, 0.717) is 0 Å². The molecule has 0 unspecified atom stereocenters. The van der Waals surface area contributed by atoms with Crippen LogP contribution in [0.1, 0.15) is 0 Å². The third kappa shape index (κ3) is 3.29. The van der Waals surface area contributed by atoms with Crippen LogP contribution in [0.4, 0.5) is 0 Å². The maximum atomic E-state index is 6.14. The van der Waals surface area contributed by atoms with Crippen molar-refractivity contribution >= 4 is 32.8 Å².